The van der Waals surface area contributed by atoms with Gasteiger partial charge in [-0.15, -0.1) is 11.3 Å². The van der Waals surface area contributed by atoms with Crippen molar-refractivity contribution >= 4 is 28.0 Å². The van der Waals surface area contributed by atoms with Crippen LogP contribution in [-0.2, 0) is 20.7 Å². The van der Waals surface area contributed by atoms with Gasteiger partial charge in [-0.3, -0.25) is 9.69 Å². The third-order valence-electron chi connectivity index (χ3n) is 4.90. The molecule has 0 bridgehead atoms. The van der Waals surface area contributed by atoms with Crippen LogP contribution in [0.15, 0.2) is 48.8 Å². The van der Waals surface area contributed by atoms with Crippen molar-refractivity contribution in [3.63, 3.8) is 0 Å². The number of carbonyl (C=O) groups excluding carboxylic acids is 2. The Hall–Kier alpha value is -2.64. The van der Waals surface area contributed by atoms with Gasteiger partial charge >= 0.3 is 6.09 Å². The van der Waals surface area contributed by atoms with E-state index in [0.29, 0.717) is 13.2 Å². The Kier molecular flexibility index (Phi) is 5.66. The predicted molar refractivity (Wildman–Crippen MR) is 117 cm³/mol. The van der Waals surface area contributed by atoms with Crippen molar-refractivity contribution in [2.24, 2.45) is 0 Å². The van der Waals surface area contributed by atoms with Gasteiger partial charge in [0.2, 0.25) is 0 Å². The molecular formula is C23H26N2O4S. The molecule has 1 saturated heterocycles. The van der Waals surface area contributed by atoms with Crippen molar-refractivity contribution in [2.45, 2.75) is 38.8 Å². The molecule has 7 heteroatoms. The summed E-state index contributed by atoms with van der Waals surface area (Å²) in [7, 11) is 0. The summed E-state index contributed by atoms with van der Waals surface area (Å²) < 4.78 is 13.0. The van der Waals surface area contributed by atoms with E-state index in [1.165, 1.54) is 15.3 Å². The van der Waals surface area contributed by atoms with Crippen molar-refractivity contribution in [1.29, 1.82) is 0 Å². The lowest BCUT2D eigenvalue weighted by molar-refractivity contribution is -0.129. The van der Waals surface area contributed by atoms with E-state index in [1.807, 2.05) is 51.2 Å². The Morgan fingerprint density at radius 1 is 1.20 bits per heavy atom. The molecule has 0 saturated carbocycles. The normalized spacial score (nSPS) is 17.3. The number of ether oxygens (including phenoxy) is 2. The fourth-order valence-corrected chi connectivity index (χ4v) is 4.59. The second kappa shape index (κ2) is 8.24. The number of hydrogen-bond donors (Lipinski definition) is 0. The first kappa shape index (κ1) is 20.6. The Morgan fingerprint density at radius 2 is 1.97 bits per heavy atom. The van der Waals surface area contributed by atoms with E-state index in [1.54, 1.807) is 11.3 Å². The van der Waals surface area contributed by atoms with Crippen molar-refractivity contribution in [3.8, 4) is 10.4 Å². The number of benzene rings is 1. The van der Waals surface area contributed by atoms with Crippen LogP contribution < -0.4 is 0 Å². The van der Waals surface area contributed by atoms with E-state index in [0.717, 1.165) is 10.4 Å². The number of morpholine rings is 1. The predicted octanol–water partition coefficient (Wildman–Crippen LogP) is 4.42. The third kappa shape index (κ3) is 4.57. The van der Waals surface area contributed by atoms with Crippen molar-refractivity contribution in [2.75, 3.05) is 19.8 Å². The highest BCUT2D eigenvalue weighted by Gasteiger charge is 2.35. The van der Waals surface area contributed by atoms with Crippen LogP contribution in [0, 0.1) is 0 Å². The maximum atomic E-state index is 13.0. The van der Waals surface area contributed by atoms with Crippen LogP contribution in [0.4, 0.5) is 4.79 Å². The summed E-state index contributed by atoms with van der Waals surface area (Å²) in [5, 5.41) is 0. The van der Waals surface area contributed by atoms with Gasteiger partial charge in [0.05, 0.1) is 22.9 Å². The highest BCUT2D eigenvalue weighted by Crippen LogP contribution is 2.30. The average molecular weight is 427 g/mol. The molecule has 158 valence electrons. The van der Waals surface area contributed by atoms with Crippen LogP contribution in [0.3, 0.4) is 0 Å². The van der Waals surface area contributed by atoms with Crippen molar-refractivity contribution < 1.29 is 19.1 Å². The molecule has 4 rings (SSSR count). The Morgan fingerprint density at radius 3 is 2.67 bits per heavy atom. The Bertz CT molecular complexity index is 1020. The molecular weight excluding hydrogens is 400 g/mol. The monoisotopic (exact) mass is 426 g/mol. The summed E-state index contributed by atoms with van der Waals surface area (Å²) >= 11 is 1.69. The van der Waals surface area contributed by atoms with Crippen LogP contribution in [0.5, 0.6) is 0 Å². The Balaban J connectivity index is 1.47. The molecule has 0 radical (unpaired) electrons. The lowest BCUT2D eigenvalue weighted by Crippen LogP contribution is -2.54. The number of amides is 1. The summed E-state index contributed by atoms with van der Waals surface area (Å²) in [6, 6.07) is 11.6. The molecule has 0 N–H and O–H groups in total. The van der Waals surface area contributed by atoms with E-state index >= 15 is 0 Å². The number of Topliss-reactive ketones (excluding diaryl/α,β-unsaturated/α-hetero) is 1. The van der Waals surface area contributed by atoms with Gasteiger partial charge in [0.25, 0.3) is 0 Å². The molecule has 1 amide bonds. The van der Waals surface area contributed by atoms with Gasteiger partial charge < -0.3 is 13.9 Å². The zero-order valence-electron chi connectivity index (χ0n) is 17.5. The van der Waals surface area contributed by atoms with E-state index < -0.39 is 17.7 Å². The van der Waals surface area contributed by atoms with Gasteiger partial charge in [-0.05, 0) is 38.0 Å². The lowest BCUT2D eigenvalue weighted by atomic mass is 10.0. The van der Waals surface area contributed by atoms with Gasteiger partial charge in [-0.2, -0.15) is 0 Å². The zero-order valence-corrected chi connectivity index (χ0v) is 18.3. The van der Waals surface area contributed by atoms with Gasteiger partial charge in [-0.25, -0.2) is 4.79 Å². The van der Waals surface area contributed by atoms with Crippen molar-refractivity contribution in [1.82, 2.24) is 9.30 Å². The molecule has 0 aliphatic carbocycles. The molecule has 30 heavy (non-hydrogen) atoms. The molecule has 1 fully saturated rings. The first-order valence-corrected chi connectivity index (χ1v) is 10.9. The van der Waals surface area contributed by atoms with Gasteiger partial charge in [0.1, 0.15) is 11.6 Å². The average Bonchev–Trinajstić information content (AvgIpc) is 3.26. The number of hydrogen-bond acceptors (Lipinski definition) is 5. The number of rotatable bonds is 4. The number of carbonyl (C=O) groups is 2. The summed E-state index contributed by atoms with van der Waals surface area (Å²) in [6.07, 6.45) is 3.86. The Labute approximate surface area is 180 Å². The first-order valence-electron chi connectivity index (χ1n) is 10.1. The summed E-state index contributed by atoms with van der Waals surface area (Å²) in [5.41, 5.74) is 1.50. The van der Waals surface area contributed by atoms with Crippen molar-refractivity contribution in [3.05, 3.63) is 54.4 Å². The number of fused-ring (bicyclic) bond motifs is 1. The third-order valence-corrected chi connectivity index (χ3v) is 6.00. The molecule has 1 aromatic carbocycles. The minimum absolute atomic E-state index is 0.0397. The minimum atomic E-state index is -0.619. The van der Waals surface area contributed by atoms with E-state index in [-0.39, 0.29) is 18.8 Å². The van der Waals surface area contributed by atoms with E-state index in [2.05, 4.69) is 22.7 Å². The molecule has 0 unspecified atom stereocenters. The summed E-state index contributed by atoms with van der Waals surface area (Å²) in [5.74, 6) is -0.0397. The second-order valence-electron chi connectivity index (χ2n) is 8.46. The van der Waals surface area contributed by atoms with Crippen LogP contribution in [0.2, 0.25) is 0 Å². The molecule has 3 heterocycles. The number of ketones is 1. The van der Waals surface area contributed by atoms with Crippen LogP contribution >= 0.6 is 11.3 Å². The van der Waals surface area contributed by atoms with E-state index in [9.17, 15) is 9.59 Å². The quantitative estimate of drug-likeness (QED) is 0.620. The highest BCUT2D eigenvalue weighted by molar-refractivity contribution is 7.20. The fraction of sp³-hybridized carbons (Fsp3) is 0.391. The standard InChI is InChI=1S/C23H26N2O4S/c1-23(2,3)29-22(27)25-9-10-28-15-18(25)19(26)11-16-12-21-24(13-16)14-20(30-21)17-7-5-4-6-8-17/h4-8,12-14,18H,9-11,15H2,1-3H3/t18-/m0/s1. The van der Waals surface area contributed by atoms with E-state index in [4.69, 9.17) is 9.47 Å². The molecule has 3 aromatic rings. The van der Waals surface area contributed by atoms with Gasteiger partial charge in [-0.1, -0.05) is 30.3 Å². The molecule has 2 aromatic heterocycles. The topological polar surface area (TPSA) is 60.2 Å². The SMILES string of the molecule is CC(C)(C)OC(=O)N1CCOC[C@H]1C(=O)Cc1cc2sc(-c3ccccc3)cn2c1. The molecule has 0 spiro atoms. The van der Waals surface area contributed by atoms with Gasteiger partial charge in [0, 0.05) is 25.4 Å². The number of thiazole rings is 1. The number of aromatic nitrogens is 1. The molecule has 1 aliphatic rings. The summed E-state index contributed by atoms with van der Waals surface area (Å²) in [4.78, 5) is 29.3. The summed E-state index contributed by atoms with van der Waals surface area (Å²) in [6.45, 7) is 6.43. The molecule has 1 atom stereocenters. The highest BCUT2D eigenvalue weighted by atomic mass is 32.1. The lowest BCUT2D eigenvalue weighted by Gasteiger charge is -2.35. The molecule has 1 aliphatic heterocycles. The maximum Gasteiger partial charge on any atom is 0.411 e. The largest absolute Gasteiger partial charge is 0.444 e. The smallest absolute Gasteiger partial charge is 0.411 e. The fourth-order valence-electron chi connectivity index (χ4n) is 3.52. The zero-order chi connectivity index (χ0) is 21.3. The second-order valence-corrected chi connectivity index (χ2v) is 9.53. The molecule has 6 nitrogen and oxygen atoms in total. The number of nitrogens with zero attached hydrogens (tertiary/aromatic N) is 2. The van der Waals surface area contributed by atoms with Crippen LogP contribution in [0.1, 0.15) is 26.3 Å². The van der Waals surface area contributed by atoms with Crippen LogP contribution in [0.25, 0.3) is 15.3 Å². The van der Waals surface area contributed by atoms with Gasteiger partial charge in [0.15, 0.2) is 5.78 Å². The maximum absolute atomic E-state index is 13.0. The van der Waals surface area contributed by atoms with Crippen LogP contribution in [-0.4, -0.2) is 52.6 Å². The first-order chi connectivity index (χ1) is 14.3. The minimum Gasteiger partial charge on any atom is -0.444 e.